The maximum Gasteiger partial charge on any atom is 0.242 e. The Morgan fingerprint density at radius 1 is 1.11 bits per heavy atom. The van der Waals surface area contributed by atoms with Crippen molar-refractivity contribution in [2.45, 2.75) is 45.2 Å². The highest BCUT2D eigenvalue weighted by molar-refractivity contribution is 7.89. The van der Waals surface area contributed by atoms with Crippen LogP contribution in [0.1, 0.15) is 30.3 Å². The van der Waals surface area contributed by atoms with Crippen molar-refractivity contribution in [1.82, 2.24) is 13.9 Å². The molecule has 0 aliphatic rings. The monoisotopic (exact) mass is 400 g/mol. The summed E-state index contributed by atoms with van der Waals surface area (Å²) in [5.41, 5.74) is 5.13. The molecule has 0 amide bonds. The number of imidazole rings is 1. The van der Waals surface area contributed by atoms with Crippen LogP contribution in [-0.2, 0) is 23.1 Å². The smallest absolute Gasteiger partial charge is 0.242 e. The Morgan fingerprint density at radius 3 is 2.54 bits per heavy atom. The molecule has 1 aromatic heterocycles. The zero-order valence-electron chi connectivity index (χ0n) is 17.2. The van der Waals surface area contributed by atoms with Crippen LogP contribution in [0.3, 0.4) is 0 Å². The SMILES string of the molecule is CCCn1c(CNc2cc(C)ccc2C)nc2cc(S(=O)(=O)N(C)C)ccc21. The number of aromatic nitrogens is 2. The average Bonchev–Trinajstić information content (AvgIpc) is 2.99. The molecule has 0 saturated carbocycles. The lowest BCUT2D eigenvalue weighted by Gasteiger charge is -2.12. The van der Waals surface area contributed by atoms with Gasteiger partial charge in [-0.15, -0.1) is 0 Å². The molecule has 0 saturated heterocycles. The number of hydrogen-bond acceptors (Lipinski definition) is 4. The van der Waals surface area contributed by atoms with Gasteiger partial charge in [0.1, 0.15) is 5.82 Å². The van der Waals surface area contributed by atoms with Crippen LogP contribution in [0, 0.1) is 13.8 Å². The molecule has 0 bridgehead atoms. The molecule has 1 heterocycles. The third-order valence-corrected chi connectivity index (χ3v) is 6.67. The van der Waals surface area contributed by atoms with Gasteiger partial charge in [-0.05, 0) is 55.7 Å². The number of sulfonamides is 1. The summed E-state index contributed by atoms with van der Waals surface area (Å²) >= 11 is 0. The predicted octanol–water partition coefficient (Wildman–Crippen LogP) is 3.93. The van der Waals surface area contributed by atoms with E-state index in [1.807, 2.05) is 6.07 Å². The Bertz CT molecular complexity index is 1100. The minimum absolute atomic E-state index is 0.264. The van der Waals surface area contributed by atoms with E-state index in [9.17, 15) is 8.42 Å². The maximum absolute atomic E-state index is 12.5. The van der Waals surface area contributed by atoms with E-state index in [0.29, 0.717) is 12.1 Å². The van der Waals surface area contributed by atoms with Gasteiger partial charge < -0.3 is 9.88 Å². The molecule has 2 aromatic carbocycles. The van der Waals surface area contributed by atoms with E-state index in [4.69, 9.17) is 4.98 Å². The van der Waals surface area contributed by atoms with E-state index in [1.54, 1.807) is 12.1 Å². The van der Waals surface area contributed by atoms with Crippen LogP contribution in [0.5, 0.6) is 0 Å². The zero-order chi connectivity index (χ0) is 20.5. The molecule has 0 fully saturated rings. The Labute approximate surface area is 167 Å². The molecule has 0 atom stereocenters. The van der Waals surface area contributed by atoms with Crippen LogP contribution in [-0.4, -0.2) is 36.4 Å². The van der Waals surface area contributed by atoms with E-state index < -0.39 is 10.0 Å². The molecular weight excluding hydrogens is 372 g/mol. The number of hydrogen-bond donors (Lipinski definition) is 1. The van der Waals surface area contributed by atoms with Crippen LogP contribution in [0.15, 0.2) is 41.3 Å². The maximum atomic E-state index is 12.5. The third kappa shape index (κ3) is 3.91. The fourth-order valence-corrected chi connectivity index (χ4v) is 4.16. The normalized spacial score (nSPS) is 12.1. The number of rotatable bonds is 7. The van der Waals surface area contributed by atoms with Gasteiger partial charge in [0.15, 0.2) is 0 Å². The van der Waals surface area contributed by atoms with Gasteiger partial charge in [0, 0.05) is 26.3 Å². The Kier molecular flexibility index (Phi) is 5.76. The molecule has 0 unspecified atom stereocenters. The van der Waals surface area contributed by atoms with Crippen LogP contribution in [0.2, 0.25) is 0 Å². The van der Waals surface area contributed by atoms with Crippen molar-refractivity contribution in [1.29, 1.82) is 0 Å². The summed E-state index contributed by atoms with van der Waals surface area (Å²) < 4.78 is 28.3. The molecule has 7 heteroatoms. The van der Waals surface area contributed by atoms with Crippen molar-refractivity contribution in [2.75, 3.05) is 19.4 Å². The van der Waals surface area contributed by atoms with Crippen LogP contribution in [0.25, 0.3) is 11.0 Å². The number of anilines is 1. The molecule has 0 aliphatic heterocycles. The summed E-state index contributed by atoms with van der Waals surface area (Å²) in [5, 5.41) is 3.48. The molecule has 0 spiro atoms. The summed E-state index contributed by atoms with van der Waals surface area (Å²) in [6, 6.07) is 11.5. The largest absolute Gasteiger partial charge is 0.378 e. The van der Waals surface area contributed by atoms with E-state index in [2.05, 4.69) is 48.9 Å². The summed E-state index contributed by atoms with van der Waals surface area (Å²) in [6.07, 6.45) is 0.972. The van der Waals surface area contributed by atoms with Gasteiger partial charge in [-0.3, -0.25) is 0 Å². The second-order valence-corrected chi connectivity index (χ2v) is 9.44. The lowest BCUT2D eigenvalue weighted by atomic mass is 10.1. The first-order valence-corrected chi connectivity index (χ1v) is 10.9. The van der Waals surface area contributed by atoms with E-state index in [-0.39, 0.29) is 4.90 Å². The fourth-order valence-electron chi connectivity index (χ4n) is 3.24. The molecule has 0 radical (unpaired) electrons. The van der Waals surface area contributed by atoms with Crippen LogP contribution < -0.4 is 5.32 Å². The Morgan fingerprint density at radius 2 is 1.86 bits per heavy atom. The second-order valence-electron chi connectivity index (χ2n) is 7.29. The first-order valence-electron chi connectivity index (χ1n) is 9.47. The van der Waals surface area contributed by atoms with Gasteiger partial charge in [0.25, 0.3) is 0 Å². The zero-order valence-corrected chi connectivity index (χ0v) is 18.0. The molecular formula is C21H28N4O2S. The number of aryl methyl sites for hydroxylation is 3. The molecule has 28 heavy (non-hydrogen) atoms. The Balaban J connectivity index is 1.99. The summed E-state index contributed by atoms with van der Waals surface area (Å²) in [4.78, 5) is 5.01. The highest BCUT2D eigenvalue weighted by atomic mass is 32.2. The van der Waals surface area contributed by atoms with Gasteiger partial charge in [0.05, 0.1) is 22.5 Å². The van der Waals surface area contributed by atoms with Crippen molar-refractivity contribution in [2.24, 2.45) is 0 Å². The van der Waals surface area contributed by atoms with Gasteiger partial charge in [0.2, 0.25) is 10.0 Å². The summed E-state index contributed by atoms with van der Waals surface area (Å²) in [5.74, 6) is 0.900. The topological polar surface area (TPSA) is 67.2 Å². The van der Waals surface area contributed by atoms with E-state index in [0.717, 1.165) is 30.0 Å². The van der Waals surface area contributed by atoms with Crippen molar-refractivity contribution < 1.29 is 8.42 Å². The number of fused-ring (bicyclic) bond motifs is 1. The van der Waals surface area contributed by atoms with Crippen LogP contribution in [0.4, 0.5) is 5.69 Å². The van der Waals surface area contributed by atoms with Gasteiger partial charge in [-0.1, -0.05) is 19.1 Å². The lowest BCUT2D eigenvalue weighted by Crippen LogP contribution is -2.22. The molecule has 1 N–H and O–H groups in total. The Hall–Kier alpha value is -2.38. The molecule has 0 aliphatic carbocycles. The van der Waals surface area contributed by atoms with Gasteiger partial charge in [-0.25, -0.2) is 17.7 Å². The van der Waals surface area contributed by atoms with Crippen molar-refractivity contribution in [3.8, 4) is 0 Å². The summed E-state index contributed by atoms with van der Waals surface area (Å²) in [6.45, 7) is 7.69. The van der Waals surface area contributed by atoms with E-state index in [1.165, 1.54) is 29.5 Å². The fraction of sp³-hybridized carbons (Fsp3) is 0.381. The minimum atomic E-state index is -3.48. The predicted molar refractivity (Wildman–Crippen MR) is 114 cm³/mol. The quantitative estimate of drug-likeness (QED) is 0.653. The third-order valence-electron chi connectivity index (χ3n) is 4.85. The minimum Gasteiger partial charge on any atom is -0.378 e. The highest BCUT2D eigenvalue weighted by Gasteiger charge is 2.19. The number of benzene rings is 2. The van der Waals surface area contributed by atoms with Crippen LogP contribution >= 0.6 is 0 Å². The first kappa shape index (κ1) is 20.4. The number of nitrogens with one attached hydrogen (secondary N) is 1. The van der Waals surface area contributed by atoms with Crippen molar-refractivity contribution in [3.63, 3.8) is 0 Å². The second kappa shape index (κ2) is 7.93. The molecule has 3 rings (SSSR count). The molecule has 150 valence electrons. The highest BCUT2D eigenvalue weighted by Crippen LogP contribution is 2.24. The average molecular weight is 401 g/mol. The molecule has 6 nitrogen and oxygen atoms in total. The number of nitrogens with zero attached hydrogens (tertiary/aromatic N) is 3. The van der Waals surface area contributed by atoms with E-state index >= 15 is 0 Å². The van der Waals surface area contributed by atoms with Gasteiger partial charge >= 0.3 is 0 Å². The van der Waals surface area contributed by atoms with Crippen molar-refractivity contribution in [3.05, 3.63) is 53.3 Å². The lowest BCUT2D eigenvalue weighted by molar-refractivity contribution is 0.521. The summed E-state index contributed by atoms with van der Waals surface area (Å²) in [7, 11) is -0.409. The standard InChI is InChI=1S/C21H28N4O2S/c1-6-11-25-20-10-9-17(28(26,27)24(4)5)13-19(20)23-21(25)14-22-18-12-15(2)7-8-16(18)3/h7-10,12-13,22H,6,11,14H2,1-5H3. The van der Waals surface area contributed by atoms with Crippen molar-refractivity contribution >= 4 is 26.7 Å². The molecule has 3 aromatic rings. The van der Waals surface area contributed by atoms with Gasteiger partial charge in [-0.2, -0.15) is 0 Å². The first-order chi connectivity index (χ1) is 13.2.